The minimum absolute atomic E-state index is 0.965. The number of benzene rings is 2. The first-order valence-electron chi connectivity index (χ1n) is 5.32. The Morgan fingerprint density at radius 3 is 2.60 bits per heavy atom. The molecule has 0 unspecified atom stereocenters. The van der Waals surface area contributed by atoms with Gasteiger partial charge in [0.1, 0.15) is 5.75 Å². The number of hydrogen-bond acceptors (Lipinski definition) is 1. The first-order chi connectivity index (χ1) is 7.26. The predicted molar refractivity (Wildman–Crippen MR) is 64.6 cm³/mol. The second kappa shape index (κ2) is 3.93. The van der Waals surface area contributed by atoms with E-state index in [0.717, 1.165) is 12.2 Å². The van der Waals surface area contributed by atoms with E-state index >= 15 is 0 Å². The Hall–Kier alpha value is -1.50. The number of ether oxygens (including phenoxy) is 1. The molecule has 0 heterocycles. The summed E-state index contributed by atoms with van der Waals surface area (Å²) in [7, 11) is 1.72. The van der Waals surface area contributed by atoms with Crippen LogP contribution in [0.3, 0.4) is 0 Å². The molecule has 0 saturated carbocycles. The van der Waals surface area contributed by atoms with Crippen molar-refractivity contribution < 1.29 is 4.74 Å². The van der Waals surface area contributed by atoms with Crippen LogP contribution in [0.2, 0.25) is 0 Å². The largest absolute Gasteiger partial charge is 0.496 e. The maximum Gasteiger partial charge on any atom is 0.122 e. The van der Waals surface area contributed by atoms with Crippen LogP contribution in [0.15, 0.2) is 30.3 Å². The molecule has 0 bridgehead atoms. The SMILES string of the molecule is CCc1ccc2c(C)c(OC)ccc2c1. The van der Waals surface area contributed by atoms with Gasteiger partial charge >= 0.3 is 0 Å². The van der Waals surface area contributed by atoms with Gasteiger partial charge in [-0.1, -0.05) is 31.2 Å². The molecule has 0 N–H and O–H groups in total. The highest BCUT2D eigenvalue weighted by Gasteiger charge is 2.03. The van der Waals surface area contributed by atoms with E-state index in [2.05, 4.69) is 38.1 Å². The van der Waals surface area contributed by atoms with E-state index in [4.69, 9.17) is 4.74 Å². The highest BCUT2D eigenvalue weighted by Crippen LogP contribution is 2.27. The molecule has 0 amide bonds. The van der Waals surface area contributed by atoms with Gasteiger partial charge in [-0.3, -0.25) is 0 Å². The average Bonchev–Trinajstić information content (AvgIpc) is 2.29. The van der Waals surface area contributed by atoms with Crippen molar-refractivity contribution in [3.63, 3.8) is 0 Å². The van der Waals surface area contributed by atoms with E-state index in [1.165, 1.54) is 21.9 Å². The highest BCUT2D eigenvalue weighted by molar-refractivity contribution is 5.88. The highest BCUT2D eigenvalue weighted by atomic mass is 16.5. The zero-order valence-corrected chi connectivity index (χ0v) is 9.50. The lowest BCUT2D eigenvalue weighted by atomic mass is 10.0. The molecule has 2 rings (SSSR count). The summed E-state index contributed by atoms with van der Waals surface area (Å²) in [6, 6.07) is 10.8. The third-order valence-corrected chi connectivity index (χ3v) is 2.93. The zero-order valence-electron chi connectivity index (χ0n) is 9.50. The molecule has 2 aromatic rings. The second-order valence-electron chi connectivity index (χ2n) is 3.80. The normalized spacial score (nSPS) is 10.6. The van der Waals surface area contributed by atoms with Crippen LogP contribution in [-0.4, -0.2) is 7.11 Å². The summed E-state index contributed by atoms with van der Waals surface area (Å²) in [6.07, 6.45) is 1.08. The summed E-state index contributed by atoms with van der Waals surface area (Å²) in [5.41, 5.74) is 2.60. The molecule has 0 aliphatic rings. The Kier molecular flexibility index (Phi) is 2.63. The number of methoxy groups -OCH3 is 1. The van der Waals surface area contributed by atoms with Crippen LogP contribution in [0.1, 0.15) is 18.1 Å². The van der Waals surface area contributed by atoms with E-state index in [0.29, 0.717) is 0 Å². The zero-order chi connectivity index (χ0) is 10.8. The molecule has 0 aromatic heterocycles. The van der Waals surface area contributed by atoms with Gasteiger partial charge in [0.15, 0.2) is 0 Å². The average molecular weight is 200 g/mol. The molecule has 1 heteroatoms. The van der Waals surface area contributed by atoms with Crippen LogP contribution < -0.4 is 4.74 Å². The van der Waals surface area contributed by atoms with E-state index in [-0.39, 0.29) is 0 Å². The first-order valence-corrected chi connectivity index (χ1v) is 5.32. The van der Waals surface area contributed by atoms with Crippen LogP contribution in [0.25, 0.3) is 10.8 Å². The van der Waals surface area contributed by atoms with E-state index in [9.17, 15) is 0 Å². The number of fused-ring (bicyclic) bond motifs is 1. The molecule has 2 aromatic carbocycles. The van der Waals surface area contributed by atoms with Gasteiger partial charge in [0.2, 0.25) is 0 Å². The molecule has 15 heavy (non-hydrogen) atoms. The van der Waals surface area contributed by atoms with Crippen molar-refractivity contribution in [2.24, 2.45) is 0 Å². The molecule has 0 fully saturated rings. The van der Waals surface area contributed by atoms with E-state index in [1.54, 1.807) is 7.11 Å². The first kappa shape index (κ1) is 10.0. The molecule has 0 atom stereocenters. The Labute approximate surface area is 90.7 Å². The fourth-order valence-electron chi connectivity index (χ4n) is 1.96. The molecule has 1 nitrogen and oxygen atoms in total. The van der Waals surface area contributed by atoms with E-state index < -0.39 is 0 Å². The van der Waals surface area contributed by atoms with Crippen molar-refractivity contribution in [3.05, 3.63) is 41.5 Å². The van der Waals surface area contributed by atoms with Crippen molar-refractivity contribution in [2.75, 3.05) is 7.11 Å². The van der Waals surface area contributed by atoms with Crippen LogP contribution in [0.4, 0.5) is 0 Å². The third-order valence-electron chi connectivity index (χ3n) is 2.93. The number of rotatable bonds is 2. The van der Waals surface area contributed by atoms with Gasteiger partial charge < -0.3 is 4.74 Å². The van der Waals surface area contributed by atoms with Crippen LogP contribution in [0, 0.1) is 6.92 Å². The molecule has 78 valence electrons. The monoisotopic (exact) mass is 200 g/mol. The van der Waals surface area contributed by atoms with Crippen molar-refractivity contribution in [3.8, 4) is 5.75 Å². The maximum atomic E-state index is 5.31. The topological polar surface area (TPSA) is 9.23 Å². The molecule has 0 aliphatic carbocycles. The third kappa shape index (κ3) is 1.70. The summed E-state index contributed by atoms with van der Waals surface area (Å²) in [5, 5.41) is 2.58. The van der Waals surface area contributed by atoms with Crippen LogP contribution in [-0.2, 0) is 6.42 Å². The predicted octanol–water partition coefficient (Wildman–Crippen LogP) is 3.72. The van der Waals surface area contributed by atoms with Crippen LogP contribution in [0.5, 0.6) is 5.75 Å². The Morgan fingerprint density at radius 2 is 1.93 bits per heavy atom. The number of aryl methyl sites for hydroxylation is 2. The Morgan fingerprint density at radius 1 is 1.13 bits per heavy atom. The second-order valence-corrected chi connectivity index (χ2v) is 3.80. The summed E-state index contributed by atoms with van der Waals surface area (Å²) in [4.78, 5) is 0. The minimum Gasteiger partial charge on any atom is -0.496 e. The smallest absolute Gasteiger partial charge is 0.122 e. The van der Waals surface area contributed by atoms with Gasteiger partial charge in [-0.2, -0.15) is 0 Å². The molecule has 0 spiro atoms. The van der Waals surface area contributed by atoms with Gasteiger partial charge in [-0.25, -0.2) is 0 Å². The summed E-state index contributed by atoms with van der Waals surface area (Å²) < 4.78 is 5.31. The standard InChI is InChI=1S/C14H16O/c1-4-11-5-7-13-10(2)14(15-3)8-6-12(13)9-11/h5-9H,4H2,1-3H3. The van der Waals surface area contributed by atoms with Gasteiger partial charge in [-0.05, 0) is 41.3 Å². The van der Waals surface area contributed by atoms with Gasteiger partial charge in [-0.15, -0.1) is 0 Å². The molecule has 0 saturated heterocycles. The molecule has 0 radical (unpaired) electrons. The maximum absolute atomic E-state index is 5.31. The lowest BCUT2D eigenvalue weighted by molar-refractivity contribution is 0.412. The summed E-state index contributed by atoms with van der Waals surface area (Å²) in [6.45, 7) is 4.28. The van der Waals surface area contributed by atoms with Gasteiger partial charge in [0.25, 0.3) is 0 Å². The van der Waals surface area contributed by atoms with Gasteiger partial charge in [0, 0.05) is 0 Å². The Balaban J connectivity index is 2.68. The van der Waals surface area contributed by atoms with Gasteiger partial charge in [0.05, 0.1) is 7.11 Å². The minimum atomic E-state index is 0.965. The van der Waals surface area contributed by atoms with Crippen molar-refractivity contribution >= 4 is 10.8 Å². The lowest BCUT2D eigenvalue weighted by Crippen LogP contribution is -1.89. The fraction of sp³-hybridized carbons (Fsp3) is 0.286. The van der Waals surface area contributed by atoms with E-state index in [1.807, 2.05) is 6.07 Å². The molecule has 0 aliphatic heterocycles. The van der Waals surface area contributed by atoms with Crippen LogP contribution >= 0.6 is 0 Å². The van der Waals surface area contributed by atoms with Crippen molar-refractivity contribution in [2.45, 2.75) is 20.3 Å². The molecular formula is C14H16O. The quantitative estimate of drug-likeness (QED) is 0.718. The lowest BCUT2D eigenvalue weighted by Gasteiger charge is -2.09. The summed E-state index contributed by atoms with van der Waals surface area (Å²) in [5.74, 6) is 0.965. The van der Waals surface area contributed by atoms with Crippen molar-refractivity contribution in [1.29, 1.82) is 0 Å². The fourth-order valence-corrected chi connectivity index (χ4v) is 1.96. The Bertz CT molecular complexity index is 486. The number of hydrogen-bond donors (Lipinski definition) is 0. The summed E-state index contributed by atoms with van der Waals surface area (Å²) >= 11 is 0. The van der Waals surface area contributed by atoms with Crippen molar-refractivity contribution in [1.82, 2.24) is 0 Å². The molecular weight excluding hydrogens is 184 g/mol.